The lowest BCUT2D eigenvalue weighted by Gasteiger charge is -2.15. The second-order valence-electron chi connectivity index (χ2n) is 6.64. The lowest BCUT2D eigenvalue weighted by molar-refractivity contribution is 0.262. The predicted molar refractivity (Wildman–Crippen MR) is 116 cm³/mol. The number of methoxy groups -OCH3 is 1. The van der Waals surface area contributed by atoms with Crippen molar-refractivity contribution in [3.63, 3.8) is 0 Å². The Labute approximate surface area is 172 Å². The Bertz CT molecular complexity index is 764. The number of para-hydroxylation sites is 1. The first-order chi connectivity index (χ1) is 13.3. The van der Waals surface area contributed by atoms with Gasteiger partial charge >= 0.3 is 6.03 Å². The average Bonchev–Trinajstić information content (AvgIpc) is 2.66. The molecule has 0 aliphatic rings. The lowest BCUT2D eigenvalue weighted by Crippen LogP contribution is -2.21. The number of hydrogen-bond donors (Lipinski definition) is 2. The Hall–Kier alpha value is -2.27. The summed E-state index contributed by atoms with van der Waals surface area (Å²) in [6, 6.07) is 9.51. The summed E-state index contributed by atoms with van der Waals surface area (Å²) < 4.78 is 18.5. The third-order valence-electron chi connectivity index (χ3n) is 4.03. The third kappa shape index (κ3) is 7.39. The number of urea groups is 1. The number of benzene rings is 2. The molecule has 0 aromatic heterocycles. The highest BCUT2D eigenvalue weighted by atomic mass is 35.5. The number of carbonyl (C=O) groups is 1. The number of rotatable bonds is 6. The standard InChI is InChI=1S/C17H18ClFN2O2.C5H12/c1-10(2)11-6-4-5-7-14(11)20-17(22)21-15-8-12(18)13(19)9-16(15)23-3;1-3-5-4-2/h4-10H,1-3H3,(H2,20,21,22);3-5H2,1-2H3. The minimum Gasteiger partial charge on any atom is -0.494 e. The highest BCUT2D eigenvalue weighted by molar-refractivity contribution is 6.31. The van der Waals surface area contributed by atoms with Gasteiger partial charge < -0.3 is 15.4 Å². The monoisotopic (exact) mass is 408 g/mol. The topological polar surface area (TPSA) is 50.4 Å². The van der Waals surface area contributed by atoms with Gasteiger partial charge in [-0.1, -0.05) is 76.8 Å². The van der Waals surface area contributed by atoms with Crippen molar-refractivity contribution in [1.29, 1.82) is 0 Å². The molecule has 2 aromatic carbocycles. The normalized spacial score (nSPS) is 10.1. The molecule has 4 nitrogen and oxygen atoms in total. The van der Waals surface area contributed by atoms with E-state index in [-0.39, 0.29) is 16.7 Å². The van der Waals surface area contributed by atoms with E-state index >= 15 is 0 Å². The van der Waals surface area contributed by atoms with E-state index in [0.29, 0.717) is 11.4 Å². The van der Waals surface area contributed by atoms with Crippen LogP contribution < -0.4 is 15.4 Å². The number of anilines is 2. The average molecular weight is 409 g/mol. The van der Waals surface area contributed by atoms with E-state index < -0.39 is 11.8 Å². The van der Waals surface area contributed by atoms with Crippen LogP contribution in [0.15, 0.2) is 36.4 Å². The van der Waals surface area contributed by atoms with Crippen LogP contribution in [0.1, 0.15) is 58.4 Å². The van der Waals surface area contributed by atoms with Crippen LogP contribution in [-0.4, -0.2) is 13.1 Å². The van der Waals surface area contributed by atoms with Crippen molar-refractivity contribution in [1.82, 2.24) is 0 Å². The molecule has 2 N–H and O–H groups in total. The van der Waals surface area contributed by atoms with E-state index in [1.807, 2.05) is 38.1 Å². The van der Waals surface area contributed by atoms with Crippen LogP contribution in [0.25, 0.3) is 0 Å². The number of hydrogen-bond acceptors (Lipinski definition) is 2. The molecule has 0 saturated heterocycles. The molecule has 0 spiro atoms. The van der Waals surface area contributed by atoms with Crippen LogP contribution in [0.3, 0.4) is 0 Å². The van der Waals surface area contributed by atoms with Crippen LogP contribution in [0.5, 0.6) is 5.75 Å². The quantitative estimate of drug-likeness (QED) is 0.521. The first-order valence-corrected chi connectivity index (χ1v) is 9.91. The van der Waals surface area contributed by atoms with Gasteiger partial charge in [-0.25, -0.2) is 9.18 Å². The first kappa shape index (κ1) is 23.8. The maximum absolute atomic E-state index is 13.4. The fourth-order valence-electron chi connectivity index (χ4n) is 2.54. The van der Waals surface area contributed by atoms with Crippen LogP contribution in [0.2, 0.25) is 5.02 Å². The zero-order chi connectivity index (χ0) is 21.1. The van der Waals surface area contributed by atoms with Crippen LogP contribution in [-0.2, 0) is 0 Å². The summed E-state index contributed by atoms with van der Waals surface area (Å²) in [5.74, 6) is -0.153. The Morgan fingerprint density at radius 3 is 2.25 bits per heavy atom. The number of carbonyl (C=O) groups excluding carboxylic acids is 1. The Morgan fingerprint density at radius 2 is 1.71 bits per heavy atom. The summed E-state index contributed by atoms with van der Waals surface area (Å²) in [5.41, 5.74) is 2.03. The lowest BCUT2D eigenvalue weighted by atomic mass is 10.0. The maximum atomic E-state index is 13.4. The van der Waals surface area contributed by atoms with Crippen molar-refractivity contribution in [2.45, 2.75) is 52.9 Å². The number of unbranched alkanes of at least 4 members (excludes halogenated alkanes) is 2. The molecule has 0 fully saturated rings. The van der Waals surface area contributed by atoms with Crippen molar-refractivity contribution < 1.29 is 13.9 Å². The van der Waals surface area contributed by atoms with Gasteiger partial charge in [-0.2, -0.15) is 0 Å². The second kappa shape index (κ2) is 12.2. The largest absolute Gasteiger partial charge is 0.494 e. The Morgan fingerprint density at radius 1 is 1.11 bits per heavy atom. The molecule has 6 heteroatoms. The maximum Gasteiger partial charge on any atom is 0.323 e. The molecule has 0 aliphatic carbocycles. The van der Waals surface area contributed by atoms with Gasteiger partial charge in [0, 0.05) is 11.8 Å². The summed E-state index contributed by atoms with van der Waals surface area (Å²) in [4.78, 5) is 12.2. The summed E-state index contributed by atoms with van der Waals surface area (Å²) in [6.45, 7) is 8.51. The van der Waals surface area contributed by atoms with E-state index in [9.17, 15) is 9.18 Å². The fraction of sp³-hybridized carbons (Fsp3) is 0.409. The minimum absolute atomic E-state index is 0.0938. The molecule has 2 amide bonds. The highest BCUT2D eigenvalue weighted by Gasteiger charge is 2.13. The molecule has 0 atom stereocenters. The van der Waals surface area contributed by atoms with Crippen LogP contribution in [0.4, 0.5) is 20.6 Å². The zero-order valence-corrected chi connectivity index (χ0v) is 18.0. The summed E-state index contributed by atoms with van der Waals surface area (Å²) in [5, 5.41) is 5.31. The van der Waals surface area contributed by atoms with Gasteiger partial charge in [0.1, 0.15) is 11.6 Å². The second-order valence-corrected chi connectivity index (χ2v) is 7.05. The van der Waals surface area contributed by atoms with Crippen molar-refractivity contribution in [3.05, 3.63) is 52.8 Å². The fourth-order valence-corrected chi connectivity index (χ4v) is 2.70. The number of nitrogens with one attached hydrogen (secondary N) is 2. The summed E-state index contributed by atoms with van der Waals surface area (Å²) in [7, 11) is 1.39. The Balaban J connectivity index is 0.000000696. The molecule has 2 rings (SSSR count). The van der Waals surface area contributed by atoms with E-state index in [1.54, 1.807) is 0 Å². The van der Waals surface area contributed by atoms with Gasteiger partial charge in [0.15, 0.2) is 0 Å². The number of halogens is 2. The molecule has 0 unspecified atom stereocenters. The van der Waals surface area contributed by atoms with Gasteiger partial charge in [-0.05, 0) is 23.6 Å². The van der Waals surface area contributed by atoms with Gasteiger partial charge in [-0.3, -0.25) is 0 Å². The van der Waals surface area contributed by atoms with Crippen LogP contribution in [0, 0.1) is 5.82 Å². The summed E-state index contributed by atoms with van der Waals surface area (Å²) >= 11 is 5.75. The molecule has 0 aliphatic heterocycles. The molecule has 0 radical (unpaired) electrons. The van der Waals surface area contributed by atoms with Crippen molar-refractivity contribution in [3.8, 4) is 5.75 Å². The molecule has 0 bridgehead atoms. The van der Waals surface area contributed by atoms with E-state index in [1.165, 1.54) is 32.4 Å². The minimum atomic E-state index is -0.611. The predicted octanol–water partition coefficient (Wildman–Crippen LogP) is 7.45. The van der Waals surface area contributed by atoms with Gasteiger partial charge in [-0.15, -0.1) is 0 Å². The van der Waals surface area contributed by atoms with E-state index in [0.717, 1.165) is 11.6 Å². The zero-order valence-electron chi connectivity index (χ0n) is 17.2. The molecular weight excluding hydrogens is 379 g/mol. The third-order valence-corrected chi connectivity index (χ3v) is 4.32. The van der Waals surface area contributed by atoms with Crippen molar-refractivity contribution >= 4 is 29.0 Å². The smallest absolute Gasteiger partial charge is 0.323 e. The van der Waals surface area contributed by atoms with Crippen molar-refractivity contribution in [2.24, 2.45) is 0 Å². The van der Waals surface area contributed by atoms with Gasteiger partial charge in [0.05, 0.1) is 17.8 Å². The van der Waals surface area contributed by atoms with Gasteiger partial charge in [0.2, 0.25) is 0 Å². The first-order valence-electron chi connectivity index (χ1n) is 9.53. The van der Waals surface area contributed by atoms with E-state index in [2.05, 4.69) is 24.5 Å². The molecular formula is C22H30ClFN2O2. The van der Waals surface area contributed by atoms with Crippen LogP contribution >= 0.6 is 11.6 Å². The van der Waals surface area contributed by atoms with Gasteiger partial charge in [0.25, 0.3) is 0 Å². The van der Waals surface area contributed by atoms with Crippen molar-refractivity contribution in [2.75, 3.05) is 17.7 Å². The van der Waals surface area contributed by atoms with E-state index in [4.69, 9.17) is 16.3 Å². The molecule has 0 heterocycles. The summed E-state index contributed by atoms with van der Waals surface area (Å²) in [6.07, 6.45) is 4.08. The molecule has 28 heavy (non-hydrogen) atoms. The molecule has 2 aromatic rings. The number of amides is 2. The molecule has 0 saturated carbocycles. The SMILES string of the molecule is CCCCC.COc1cc(F)c(Cl)cc1NC(=O)Nc1ccccc1C(C)C. The Kier molecular flexibility index (Phi) is 10.4. The highest BCUT2D eigenvalue weighted by Crippen LogP contribution is 2.31. The molecule has 154 valence electrons. The number of ether oxygens (including phenoxy) is 1.